The van der Waals surface area contributed by atoms with Crippen molar-refractivity contribution < 1.29 is 21.2 Å². The molecule has 0 radical (unpaired) electrons. The summed E-state index contributed by atoms with van der Waals surface area (Å²) in [4.78, 5) is 5.00. The number of fused-ring (bicyclic) bond motifs is 6. The molecule has 0 spiro atoms. The zero-order valence-corrected chi connectivity index (χ0v) is 33.1. The summed E-state index contributed by atoms with van der Waals surface area (Å²) < 4.78 is 5.59. The molecule has 12 rings (SSSR count). The molecule has 4 heteroatoms. The Balaban J connectivity index is 1.12. The van der Waals surface area contributed by atoms with Crippen LogP contribution in [0.3, 0.4) is 0 Å². The second kappa shape index (κ2) is 12.7. The summed E-state index contributed by atoms with van der Waals surface area (Å²) in [5.41, 5.74) is 9.94. The molecule has 0 aliphatic carbocycles. The zero-order chi connectivity index (χ0) is 36.7. The Morgan fingerprint density at radius 1 is 0.357 bits per heavy atom. The molecule has 11 aromatic rings. The van der Waals surface area contributed by atoms with Crippen molar-refractivity contribution in [3.8, 4) is 11.1 Å². The maximum atomic E-state index is 2.52. The molecule has 0 unspecified atom stereocenters. The van der Waals surface area contributed by atoms with Crippen molar-refractivity contribution in [1.82, 2.24) is 0 Å². The van der Waals surface area contributed by atoms with E-state index in [2.05, 4.69) is 204 Å². The number of halogens is 1. The van der Waals surface area contributed by atoms with E-state index in [9.17, 15) is 0 Å². The normalized spacial score (nSPS) is 12.4. The summed E-state index contributed by atoms with van der Waals surface area (Å²) in [6.45, 7) is 0. The SMILES string of the molecule is c1ccc(N(c2cccc3c2[I-]c2ccccc2-3)c2ccc3ccc4c(N(c5ccccc5)c5cccc6c5sc5ccccc56)ccc5ccc2c3c54)cc1. The zero-order valence-electron chi connectivity index (χ0n) is 30.2. The Morgan fingerprint density at radius 2 is 0.893 bits per heavy atom. The molecule has 0 bridgehead atoms. The summed E-state index contributed by atoms with van der Waals surface area (Å²) in [5, 5.41) is 10.2. The molecule has 0 saturated heterocycles. The number of rotatable bonds is 6. The fourth-order valence-electron chi connectivity index (χ4n) is 8.90. The van der Waals surface area contributed by atoms with Crippen molar-refractivity contribution >= 4 is 98.0 Å². The van der Waals surface area contributed by atoms with Crippen LogP contribution in [0, 0.1) is 7.14 Å². The van der Waals surface area contributed by atoms with Crippen molar-refractivity contribution in [3.63, 3.8) is 0 Å². The van der Waals surface area contributed by atoms with Gasteiger partial charge in [0.15, 0.2) is 0 Å². The Hall–Kier alpha value is -6.21. The molecule has 1 aliphatic heterocycles. The molecule has 264 valence electrons. The van der Waals surface area contributed by atoms with E-state index in [1.807, 2.05) is 11.3 Å². The van der Waals surface area contributed by atoms with Gasteiger partial charge in [-0.2, -0.15) is 0 Å². The molecule has 56 heavy (non-hydrogen) atoms. The van der Waals surface area contributed by atoms with Crippen LogP contribution in [0.25, 0.3) is 63.6 Å². The van der Waals surface area contributed by atoms with E-state index in [0.717, 1.165) is 5.69 Å². The number of hydrogen-bond acceptors (Lipinski definition) is 3. The van der Waals surface area contributed by atoms with Gasteiger partial charge in [0.25, 0.3) is 0 Å². The van der Waals surface area contributed by atoms with Gasteiger partial charge in [-0.05, 0) is 6.07 Å². The van der Waals surface area contributed by atoms with E-state index in [-0.39, 0.29) is 21.2 Å². The van der Waals surface area contributed by atoms with Crippen molar-refractivity contribution in [2.45, 2.75) is 0 Å². The fourth-order valence-corrected chi connectivity index (χ4v) is 13.3. The van der Waals surface area contributed by atoms with Crippen LogP contribution in [0.4, 0.5) is 34.1 Å². The molecule has 0 amide bonds. The molecule has 0 saturated carbocycles. The van der Waals surface area contributed by atoms with Gasteiger partial charge in [-0.3, -0.25) is 0 Å². The third-order valence-corrected chi connectivity index (χ3v) is 15.7. The molecule has 2 nitrogen and oxygen atoms in total. The molecular weight excluding hydrogens is 812 g/mol. The molecular formula is C52H32IN2S-. The first-order chi connectivity index (χ1) is 27.8. The third kappa shape index (κ3) is 4.79. The molecule has 0 atom stereocenters. The van der Waals surface area contributed by atoms with Gasteiger partial charge < -0.3 is 0 Å². The molecule has 0 fully saturated rings. The number of nitrogens with zero attached hydrogens (tertiary/aromatic N) is 2. The van der Waals surface area contributed by atoms with Crippen LogP contribution in [-0.2, 0) is 0 Å². The van der Waals surface area contributed by atoms with E-state index in [0.29, 0.717) is 0 Å². The van der Waals surface area contributed by atoms with Gasteiger partial charge in [0.05, 0.1) is 0 Å². The predicted octanol–water partition coefficient (Wildman–Crippen LogP) is 12.0. The molecule has 10 aromatic carbocycles. The average Bonchev–Trinajstić information content (AvgIpc) is 3.84. The summed E-state index contributed by atoms with van der Waals surface area (Å²) in [5.74, 6) is 0. The van der Waals surface area contributed by atoms with E-state index in [1.54, 1.807) is 0 Å². The van der Waals surface area contributed by atoms with Crippen LogP contribution in [0.5, 0.6) is 0 Å². The Morgan fingerprint density at radius 3 is 1.61 bits per heavy atom. The van der Waals surface area contributed by atoms with E-state index in [1.165, 1.54) is 99.2 Å². The first kappa shape index (κ1) is 32.1. The summed E-state index contributed by atoms with van der Waals surface area (Å²) in [6.07, 6.45) is 0. The third-order valence-electron chi connectivity index (χ3n) is 11.3. The summed E-state index contributed by atoms with van der Waals surface area (Å²) >= 11 is 1.54. The number of anilines is 6. The van der Waals surface area contributed by atoms with Gasteiger partial charge in [0.2, 0.25) is 0 Å². The van der Waals surface area contributed by atoms with Crippen LogP contribution >= 0.6 is 11.3 Å². The Bertz CT molecular complexity index is 3300. The fraction of sp³-hybridized carbons (Fsp3) is 0. The first-order valence-electron chi connectivity index (χ1n) is 19.0. The first-order valence-corrected chi connectivity index (χ1v) is 22.0. The van der Waals surface area contributed by atoms with E-state index < -0.39 is 0 Å². The van der Waals surface area contributed by atoms with Crippen molar-refractivity contribution in [1.29, 1.82) is 0 Å². The topological polar surface area (TPSA) is 6.48 Å². The predicted molar refractivity (Wildman–Crippen MR) is 235 cm³/mol. The van der Waals surface area contributed by atoms with Crippen molar-refractivity contribution in [2.24, 2.45) is 0 Å². The number of thiophene rings is 1. The Labute approximate surface area is 339 Å². The Kier molecular flexibility index (Phi) is 7.26. The van der Waals surface area contributed by atoms with Crippen LogP contribution in [-0.4, -0.2) is 0 Å². The van der Waals surface area contributed by atoms with Gasteiger partial charge in [-0.1, -0.05) is 48.5 Å². The van der Waals surface area contributed by atoms with Crippen LogP contribution in [0.2, 0.25) is 0 Å². The summed E-state index contributed by atoms with van der Waals surface area (Å²) in [7, 11) is 0. The minimum absolute atomic E-state index is 0.345. The molecule has 0 N–H and O–H groups in total. The second-order valence-electron chi connectivity index (χ2n) is 14.4. The summed E-state index contributed by atoms with van der Waals surface area (Å²) in [6, 6.07) is 71.9. The maximum absolute atomic E-state index is 2.52. The monoisotopic (exact) mass is 843 g/mol. The van der Waals surface area contributed by atoms with Crippen molar-refractivity contribution in [3.05, 3.63) is 201 Å². The molecule has 1 aromatic heterocycles. The minimum atomic E-state index is -0.345. The van der Waals surface area contributed by atoms with Crippen molar-refractivity contribution in [2.75, 3.05) is 9.80 Å². The number of benzene rings is 10. The standard InChI is InChI=1S/C52H32IN2S/c1-3-13-35(14-4-1)54(46-22-11-19-39-37-17-7-9-21-43(37)53-51(39)46)44-31-27-33-26-30-42-45(32-28-34-25-29-41(44)49(33)50(34)42)55(36-15-5-2-6-16-36)47-23-12-20-40-38-18-8-10-24-48(38)56-52(40)47/h1-32H/q-1. The van der Waals surface area contributed by atoms with Gasteiger partial charge in [0.1, 0.15) is 0 Å². The molecule has 2 heterocycles. The van der Waals surface area contributed by atoms with Gasteiger partial charge in [-0.15, -0.1) is 11.3 Å². The number of hydrogen-bond donors (Lipinski definition) is 0. The molecule has 1 aliphatic rings. The second-order valence-corrected chi connectivity index (χ2v) is 18.2. The number of para-hydroxylation sites is 2. The quantitative estimate of drug-likeness (QED) is 0.122. The van der Waals surface area contributed by atoms with Gasteiger partial charge >= 0.3 is 260 Å². The van der Waals surface area contributed by atoms with Gasteiger partial charge in [0, 0.05) is 15.5 Å². The van der Waals surface area contributed by atoms with Crippen LogP contribution in [0.1, 0.15) is 0 Å². The van der Waals surface area contributed by atoms with Crippen LogP contribution in [0.15, 0.2) is 194 Å². The van der Waals surface area contributed by atoms with E-state index >= 15 is 0 Å². The van der Waals surface area contributed by atoms with E-state index in [4.69, 9.17) is 0 Å². The van der Waals surface area contributed by atoms with Crippen LogP contribution < -0.4 is 31.0 Å². The van der Waals surface area contributed by atoms with Gasteiger partial charge in [-0.25, -0.2) is 0 Å². The average molecular weight is 844 g/mol.